The van der Waals surface area contributed by atoms with Gasteiger partial charge in [-0.05, 0) is 55.8 Å². The largest absolute Gasteiger partial charge is 0.496 e. The third kappa shape index (κ3) is 4.91. The van der Waals surface area contributed by atoms with Gasteiger partial charge in [0, 0.05) is 24.6 Å². The first-order valence-corrected chi connectivity index (χ1v) is 9.73. The first kappa shape index (κ1) is 21.6. The van der Waals surface area contributed by atoms with Gasteiger partial charge in [0.25, 0.3) is 0 Å². The Bertz CT molecular complexity index is 916. The molecule has 160 valence electrons. The zero-order chi connectivity index (χ0) is 21.9. The summed E-state index contributed by atoms with van der Waals surface area (Å²) in [4.78, 5) is 26.2. The van der Waals surface area contributed by atoms with Crippen molar-refractivity contribution in [3.63, 3.8) is 0 Å². The van der Waals surface area contributed by atoms with Crippen LogP contribution in [0.3, 0.4) is 0 Å². The van der Waals surface area contributed by atoms with E-state index in [0.717, 1.165) is 11.3 Å². The predicted molar refractivity (Wildman–Crippen MR) is 112 cm³/mol. The second-order valence-electron chi connectivity index (χ2n) is 7.95. The van der Waals surface area contributed by atoms with E-state index in [1.165, 1.54) is 14.2 Å². The van der Waals surface area contributed by atoms with Gasteiger partial charge in [0.2, 0.25) is 5.91 Å². The summed E-state index contributed by atoms with van der Waals surface area (Å²) in [6.07, 6.45) is 0.373. The SMILES string of the molecule is COC(=O)c1ccc(C2CC(=O)N(c3ccc(OCC(C)(C)O)cc3)C2)cc1OC. The van der Waals surface area contributed by atoms with Gasteiger partial charge in [-0.2, -0.15) is 0 Å². The number of hydrogen-bond donors (Lipinski definition) is 1. The van der Waals surface area contributed by atoms with Gasteiger partial charge in [0.15, 0.2) is 0 Å². The fraction of sp³-hybridized carbons (Fsp3) is 0.391. The fourth-order valence-electron chi connectivity index (χ4n) is 3.40. The van der Waals surface area contributed by atoms with E-state index in [1.54, 1.807) is 43.0 Å². The van der Waals surface area contributed by atoms with Crippen molar-refractivity contribution in [2.24, 2.45) is 0 Å². The summed E-state index contributed by atoms with van der Waals surface area (Å²) in [5, 5.41) is 9.76. The molecule has 7 heteroatoms. The van der Waals surface area contributed by atoms with E-state index in [9.17, 15) is 14.7 Å². The van der Waals surface area contributed by atoms with E-state index in [4.69, 9.17) is 14.2 Å². The van der Waals surface area contributed by atoms with Crippen molar-refractivity contribution in [1.82, 2.24) is 0 Å². The summed E-state index contributed by atoms with van der Waals surface area (Å²) in [6.45, 7) is 4.07. The number of anilines is 1. The lowest BCUT2D eigenvalue weighted by molar-refractivity contribution is -0.117. The minimum absolute atomic E-state index is 0.00999. The standard InChI is InChI=1S/C23H27NO6/c1-23(2,27)14-30-18-8-6-17(7-9-18)24-13-16(12-21(24)25)15-5-10-19(22(26)29-4)20(11-15)28-3/h5-11,16,27H,12-14H2,1-4H3. The van der Waals surface area contributed by atoms with Crippen LogP contribution in [0.25, 0.3) is 0 Å². The molecule has 0 spiro atoms. The maximum absolute atomic E-state index is 12.6. The number of rotatable bonds is 7. The fourth-order valence-corrected chi connectivity index (χ4v) is 3.40. The highest BCUT2D eigenvalue weighted by Crippen LogP contribution is 2.35. The molecule has 0 aliphatic carbocycles. The number of carbonyl (C=O) groups excluding carboxylic acids is 2. The van der Waals surface area contributed by atoms with Crippen LogP contribution in [0.15, 0.2) is 42.5 Å². The lowest BCUT2D eigenvalue weighted by atomic mass is 9.96. The number of hydrogen-bond acceptors (Lipinski definition) is 6. The quantitative estimate of drug-likeness (QED) is 0.702. The van der Waals surface area contributed by atoms with Crippen LogP contribution >= 0.6 is 0 Å². The van der Waals surface area contributed by atoms with Crippen molar-refractivity contribution < 1.29 is 28.9 Å². The van der Waals surface area contributed by atoms with E-state index in [1.807, 2.05) is 18.2 Å². The van der Waals surface area contributed by atoms with E-state index >= 15 is 0 Å². The van der Waals surface area contributed by atoms with Gasteiger partial charge >= 0.3 is 5.97 Å². The number of amides is 1. The summed E-state index contributed by atoms with van der Waals surface area (Å²) in [5.74, 6) is 0.616. The Balaban J connectivity index is 1.73. The minimum atomic E-state index is -0.915. The molecule has 30 heavy (non-hydrogen) atoms. The Kier molecular flexibility index (Phi) is 6.31. The molecule has 2 aromatic rings. The van der Waals surface area contributed by atoms with Crippen LogP contribution in [0, 0.1) is 0 Å². The van der Waals surface area contributed by atoms with Gasteiger partial charge in [0.05, 0.1) is 19.8 Å². The van der Waals surface area contributed by atoms with Crippen LogP contribution in [0.4, 0.5) is 5.69 Å². The average Bonchev–Trinajstić information content (AvgIpc) is 3.12. The summed E-state index contributed by atoms with van der Waals surface area (Å²) >= 11 is 0. The first-order valence-electron chi connectivity index (χ1n) is 9.73. The molecule has 3 rings (SSSR count). The van der Waals surface area contributed by atoms with Crippen molar-refractivity contribution in [3.8, 4) is 11.5 Å². The number of aliphatic hydroxyl groups is 1. The highest BCUT2D eigenvalue weighted by molar-refractivity contribution is 5.97. The highest BCUT2D eigenvalue weighted by Gasteiger charge is 2.32. The highest BCUT2D eigenvalue weighted by atomic mass is 16.5. The van der Waals surface area contributed by atoms with Crippen LogP contribution < -0.4 is 14.4 Å². The predicted octanol–water partition coefficient (Wildman–Crippen LogP) is 3.15. The molecule has 1 fully saturated rings. The van der Waals surface area contributed by atoms with Gasteiger partial charge in [0.1, 0.15) is 23.7 Å². The molecular weight excluding hydrogens is 386 g/mol. The van der Waals surface area contributed by atoms with Crippen molar-refractivity contribution >= 4 is 17.6 Å². The van der Waals surface area contributed by atoms with Gasteiger partial charge in [-0.3, -0.25) is 4.79 Å². The number of carbonyl (C=O) groups is 2. The maximum Gasteiger partial charge on any atom is 0.341 e. The monoisotopic (exact) mass is 413 g/mol. The van der Waals surface area contributed by atoms with Gasteiger partial charge in [-0.25, -0.2) is 4.79 Å². The summed E-state index contributed by atoms with van der Waals surface area (Å²) in [7, 11) is 2.82. The van der Waals surface area contributed by atoms with E-state index in [0.29, 0.717) is 30.0 Å². The second kappa shape index (κ2) is 8.75. The number of methoxy groups -OCH3 is 2. The van der Waals surface area contributed by atoms with E-state index in [-0.39, 0.29) is 18.4 Å². The number of nitrogens with zero attached hydrogens (tertiary/aromatic N) is 1. The Hall–Kier alpha value is -3.06. The summed E-state index contributed by atoms with van der Waals surface area (Å²) < 4.78 is 15.7. The van der Waals surface area contributed by atoms with Crippen molar-refractivity contribution in [2.45, 2.75) is 31.8 Å². The lowest BCUT2D eigenvalue weighted by Crippen LogP contribution is -2.28. The zero-order valence-corrected chi connectivity index (χ0v) is 17.7. The molecule has 1 saturated heterocycles. The number of esters is 1. The average molecular weight is 413 g/mol. The molecule has 1 aliphatic rings. The zero-order valence-electron chi connectivity index (χ0n) is 17.7. The number of ether oxygens (including phenoxy) is 3. The van der Waals surface area contributed by atoms with E-state index < -0.39 is 11.6 Å². The van der Waals surface area contributed by atoms with Crippen molar-refractivity contribution in [1.29, 1.82) is 0 Å². The van der Waals surface area contributed by atoms with Crippen LogP contribution in [0.2, 0.25) is 0 Å². The van der Waals surface area contributed by atoms with Gasteiger partial charge in [-0.1, -0.05) is 6.07 Å². The third-order valence-corrected chi connectivity index (χ3v) is 4.97. The first-order chi connectivity index (χ1) is 14.2. The Labute approximate surface area is 176 Å². The molecule has 1 amide bonds. The molecule has 0 bridgehead atoms. The van der Waals surface area contributed by atoms with Gasteiger partial charge in [-0.15, -0.1) is 0 Å². The maximum atomic E-state index is 12.6. The number of benzene rings is 2. The van der Waals surface area contributed by atoms with Crippen LogP contribution in [0.1, 0.15) is 42.1 Å². The molecule has 7 nitrogen and oxygen atoms in total. The van der Waals surface area contributed by atoms with Crippen LogP contribution in [-0.2, 0) is 9.53 Å². The summed E-state index contributed by atoms with van der Waals surface area (Å²) in [5.41, 5.74) is 1.16. The molecule has 2 aromatic carbocycles. The molecule has 0 saturated carbocycles. The molecule has 1 aliphatic heterocycles. The molecule has 1 atom stereocenters. The molecule has 1 unspecified atom stereocenters. The summed E-state index contributed by atoms with van der Waals surface area (Å²) in [6, 6.07) is 12.5. The molecule has 0 aromatic heterocycles. The van der Waals surface area contributed by atoms with Crippen molar-refractivity contribution in [2.75, 3.05) is 32.3 Å². The Morgan fingerprint density at radius 2 is 1.87 bits per heavy atom. The smallest absolute Gasteiger partial charge is 0.341 e. The molecular formula is C23H27NO6. The molecule has 0 radical (unpaired) electrons. The van der Waals surface area contributed by atoms with Crippen LogP contribution in [0.5, 0.6) is 11.5 Å². The Morgan fingerprint density at radius 3 is 2.47 bits per heavy atom. The third-order valence-electron chi connectivity index (χ3n) is 4.97. The normalized spacial score (nSPS) is 16.5. The lowest BCUT2D eigenvalue weighted by Gasteiger charge is -2.20. The van der Waals surface area contributed by atoms with Crippen molar-refractivity contribution in [3.05, 3.63) is 53.6 Å². The minimum Gasteiger partial charge on any atom is -0.496 e. The Morgan fingerprint density at radius 1 is 1.17 bits per heavy atom. The molecule has 1 N–H and O–H groups in total. The van der Waals surface area contributed by atoms with Gasteiger partial charge < -0.3 is 24.2 Å². The van der Waals surface area contributed by atoms with Crippen LogP contribution in [-0.4, -0.2) is 50.0 Å². The topological polar surface area (TPSA) is 85.3 Å². The van der Waals surface area contributed by atoms with E-state index in [2.05, 4.69) is 0 Å². The second-order valence-corrected chi connectivity index (χ2v) is 7.95. The molecule has 1 heterocycles.